The van der Waals surface area contributed by atoms with Crippen LogP contribution in [0.15, 0.2) is 53.0 Å². The molecule has 0 saturated heterocycles. The van der Waals surface area contributed by atoms with Gasteiger partial charge in [-0.25, -0.2) is 5.84 Å². The molecule has 0 aliphatic heterocycles. The molecule has 0 heterocycles. The first kappa shape index (κ1) is 16.3. The van der Waals surface area contributed by atoms with E-state index in [1.54, 1.807) is 6.08 Å². The van der Waals surface area contributed by atoms with E-state index in [0.29, 0.717) is 6.61 Å². The summed E-state index contributed by atoms with van der Waals surface area (Å²) in [7, 11) is 0. The lowest BCUT2D eigenvalue weighted by molar-refractivity contribution is -0.116. The van der Waals surface area contributed by atoms with E-state index < -0.39 is 0 Å². The van der Waals surface area contributed by atoms with Crippen molar-refractivity contribution in [2.24, 2.45) is 5.84 Å². The Labute approximate surface area is 138 Å². The lowest BCUT2D eigenvalue weighted by Crippen LogP contribution is -2.27. The number of carbonyl (C=O) groups is 1. The molecule has 0 bridgehead atoms. The second kappa shape index (κ2) is 7.77. The van der Waals surface area contributed by atoms with E-state index in [9.17, 15) is 4.79 Å². The zero-order chi connectivity index (χ0) is 15.9. The highest BCUT2D eigenvalue weighted by atomic mass is 79.9. The van der Waals surface area contributed by atoms with Crippen molar-refractivity contribution in [1.82, 2.24) is 5.43 Å². The highest BCUT2D eigenvalue weighted by Gasteiger charge is 2.04. The van der Waals surface area contributed by atoms with Gasteiger partial charge in [-0.1, -0.05) is 30.3 Å². The number of rotatable bonds is 5. The maximum absolute atomic E-state index is 11.1. The first-order valence-electron chi connectivity index (χ1n) is 6.75. The molecule has 0 saturated carbocycles. The lowest BCUT2D eigenvalue weighted by Gasteiger charge is -2.10. The fourth-order valence-corrected chi connectivity index (χ4v) is 2.40. The molecule has 0 radical (unpaired) electrons. The van der Waals surface area contributed by atoms with Crippen molar-refractivity contribution in [3.63, 3.8) is 0 Å². The van der Waals surface area contributed by atoms with E-state index in [4.69, 9.17) is 10.6 Å². The summed E-state index contributed by atoms with van der Waals surface area (Å²) in [4.78, 5) is 11.1. The monoisotopic (exact) mass is 360 g/mol. The molecule has 2 aromatic rings. The fourth-order valence-electron chi connectivity index (χ4n) is 1.89. The van der Waals surface area contributed by atoms with Gasteiger partial charge < -0.3 is 4.74 Å². The van der Waals surface area contributed by atoms with E-state index in [1.165, 1.54) is 11.6 Å². The molecule has 2 rings (SSSR count). The van der Waals surface area contributed by atoms with Crippen LogP contribution in [0.3, 0.4) is 0 Å². The number of benzene rings is 2. The number of ether oxygens (including phenoxy) is 1. The highest BCUT2D eigenvalue weighted by molar-refractivity contribution is 9.10. The third kappa shape index (κ3) is 4.44. The van der Waals surface area contributed by atoms with Crippen LogP contribution in [0.1, 0.15) is 16.7 Å². The largest absolute Gasteiger partial charge is 0.488 e. The molecular formula is C17H17BrN2O2. The molecule has 1 amide bonds. The second-order valence-corrected chi connectivity index (χ2v) is 5.60. The number of nitrogens with one attached hydrogen (secondary N) is 1. The van der Waals surface area contributed by atoms with Gasteiger partial charge in [0, 0.05) is 6.08 Å². The van der Waals surface area contributed by atoms with E-state index in [2.05, 4.69) is 28.9 Å². The molecule has 0 aromatic heterocycles. The standard InChI is InChI=1S/C17H17BrN2O2/c1-12-4-2-3-5-14(12)11-22-16-8-6-13(10-15(16)18)7-9-17(21)20-19/h2-10H,11,19H2,1H3,(H,20,21)/b9-7+. The predicted molar refractivity (Wildman–Crippen MR) is 91.0 cm³/mol. The Morgan fingerprint density at radius 2 is 2.09 bits per heavy atom. The smallest absolute Gasteiger partial charge is 0.257 e. The Balaban J connectivity index is 2.05. The Morgan fingerprint density at radius 1 is 1.32 bits per heavy atom. The molecule has 114 valence electrons. The first-order chi connectivity index (χ1) is 10.6. The van der Waals surface area contributed by atoms with Gasteiger partial charge >= 0.3 is 0 Å². The van der Waals surface area contributed by atoms with Crippen LogP contribution in [0.4, 0.5) is 0 Å². The average molecular weight is 361 g/mol. The molecule has 0 unspecified atom stereocenters. The van der Waals surface area contributed by atoms with Gasteiger partial charge in [0.2, 0.25) is 0 Å². The summed E-state index contributed by atoms with van der Waals surface area (Å²) in [6, 6.07) is 13.7. The number of aryl methyl sites for hydroxylation is 1. The van der Waals surface area contributed by atoms with Gasteiger partial charge in [0.25, 0.3) is 5.91 Å². The number of nitrogens with two attached hydrogens (primary N) is 1. The van der Waals surface area contributed by atoms with Crippen LogP contribution in [0.25, 0.3) is 6.08 Å². The normalized spacial score (nSPS) is 10.7. The van der Waals surface area contributed by atoms with Crippen LogP contribution in [-0.4, -0.2) is 5.91 Å². The molecule has 2 aromatic carbocycles. The Hall–Kier alpha value is -2.11. The highest BCUT2D eigenvalue weighted by Crippen LogP contribution is 2.27. The van der Waals surface area contributed by atoms with Crippen molar-refractivity contribution >= 4 is 27.9 Å². The predicted octanol–water partition coefficient (Wildman–Crippen LogP) is 3.34. The molecule has 3 N–H and O–H groups in total. The van der Waals surface area contributed by atoms with Gasteiger partial charge in [0.05, 0.1) is 4.47 Å². The third-order valence-corrected chi connectivity index (χ3v) is 3.79. The maximum Gasteiger partial charge on any atom is 0.257 e. The summed E-state index contributed by atoms with van der Waals surface area (Å²) in [5, 5.41) is 0. The summed E-state index contributed by atoms with van der Waals surface area (Å²) in [5.41, 5.74) is 5.27. The number of hydrogen-bond donors (Lipinski definition) is 2. The minimum atomic E-state index is -0.351. The topological polar surface area (TPSA) is 64.3 Å². The van der Waals surface area contributed by atoms with Gasteiger partial charge in [0.15, 0.2) is 0 Å². The van der Waals surface area contributed by atoms with Crippen molar-refractivity contribution in [1.29, 1.82) is 0 Å². The molecule has 0 aliphatic carbocycles. The van der Waals surface area contributed by atoms with Crippen LogP contribution in [0.5, 0.6) is 5.75 Å². The molecule has 0 fully saturated rings. The number of halogens is 1. The van der Waals surface area contributed by atoms with E-state index in [-0.39, 0.29) is 5.91 Å². The van der Waals surface area contributed by atoms with Crippen molar-refractivity contribution < 1.29 is 9.53 Å². The summed E-state index contributed by atoms with van der Waals surface area (Å²) in [5.74, 6) is 5.42. The Bertz CT molecular complexity index is 699. The second-order valence-electron chi connectivity index (χ2n) is 4.75. The van der Waals surface area contributed by atoms with Crippen molar-refractivity contribution in [3.8, 4) is 5.75 Å². The first-order valence-corrected chi connectivity index (χ1v) is 7.55. The molecular weight excluding hydrogens is 344 g/mol. The number of hydrazine groups is 1. The Morgan fingerprint density at radius 3 is 2.77 bits per heavy atom. The van der Waals surface area contributed by atoms with E-state index >= 15 is 0 Å². The van der Waals surface area contributed by atoms with E-state index in [0.717, 1.165) is 21.3 Å². The summed E-state index contributed by atoms with van der Waals surface area (Å²) in [6.45, 7) is 2.57. The van der Waals surface area contributed by atoms with Crippen molar-refractivity contribution in [2.45, 2.75) is 13.5 Å². The van der Waals surface area contributed by atoms with Gasteiger partial charge in [-0.05, 0) is 57.8 Å². The molecule has 0 spiro atoms. The number of hydrogen-bond acceptors (Lipinski definition) is 3. The Kier molecular flexibility index (Phi) is 5.75. The molecule has 22 heavy (non-hydrogen) atoms. The van der Waals surface area contributed by atoms with Crippen molar-refractivity contribution in [2.75, 3.05) is 0 Å². The summed E-state index contributed by atoms with van der Waals surface area (Å²) >= 11 is 3.48. The van der Waals surface area contributed by atoms with Gasteiger partial charge in [-0.15, -0.1) is 0 Å². The lowest BCUT2D eigenvalue weighted by atomic mass is 10.1. The molecule has 4 nitrogen and oxygen atoms in total. The van der Waals surface area contributed by atoms with Crippen LogP contribution in [0, 0.1) is 6.92 Å². The minimum Gasteiger partial charge on any atom is -0.488 e. The molecule has 5 heteroatoms. The third-order valence-electron chi connectivity index (χ3n) is 3.17. The summed E-state index contributed by atoms with van der Waals surface area (Å²) in [6.07, 6.45) is 3.05. The van der Waals surface area contributed by atoms with Gasteiger partial charge in [-0.2, -0.15) is 0 Å². The number of amides is 1. The molecule has 0 atom stereocenters. The van der Waals surface area contributed by atoms with Crippen LogP contribution >= 0.6 is 15.9 Å². The van der Waals surface area contributed by atoms with E-state index in [1.807, 2.05) is 41.8 Å². The molecule has 0 aliphatic rings. The van der Waals surface area contributed by atoms with Gasteiger partial charge in [0.1, 0.15) is 12.4 Å². The quantitative estimate of drug-likeness (QED) is 0.372. The van der Waals surface area contributed by atoms with Gasteiger partial charge in [-0.3, -0.25) is 10.2 Å². The van der Waals surface area contributed by atoms with Crippen molar-refractivity contribution in [3.05, 3.63) is 69.7 Å². The van der Waals surface area contributed by atoms with Crippen LogP contribution in [0.2, 0.25) is 0 Å². The number of carbonyl (C=O) groups excluding carboxylic acids is 1. The zero-order valence-electron chi connectivity index (χ0n) is 12.2. The average Bonchev–Trinajstić information content (AvgIpc) is 2.53. The maximum atomic E-state index is 11.1. The fraction of sp³-hybridized carbons (Fsp3) is 0.118. The van der Waals surface area contributed by atoms with Crippen LogP contribution in [-0.2, 0) is 11.4 Å². The summed E-state index contributed by atoms with van der Waals surface area (Å²) < 4.78 is 6.67. The SMILES string of the molecule is Cc1ccccc1COc1ccc(/C=C/C(=O)NN)cc1Br. The minimum absolute atomic E-state index is 0.351. The van der Waals surface area contributed by atoms with Crippen LogP contribution < -0.4 is 16.0 Å². The zero-order valence-corrected chi connectivity index (χ0v) is 13.8.